The van der Waals surface area contributed by atoms with Crippen molar-refractivity contribution in [3.8, 4) is 6.07 Å². The SMILES string of the molecule is C[C@@H](O)[C@H]1C(=O)N2C(C(=O)O)=C(SC=Cc3scnc3C(=O)N3CC(C#N)C3)[C@H](C)[C@H]12. The van der Waals surface area contributed by atoms with Gasteiger partial charge in [-0.3, -0.25) is 9.59 Å². The van der Waals surface area contributed by atoms with E-state index in [1.807, 2.05) is 6.92 Å². The van der Waals surface area contributed by atoms with Gasteiger partial charge in [-0.05, 0) is 18.4 Å². The third-order valence-corrected chi connectivity index (χ3v) is 7.76. The number of aliphatic hydroxyl groups excluding tert-OH is 1. The molecule has 0 bridgehead atoms. The molecule has 2 N–H and O–H groups in total. The minimum absolute atomic E-state index is 0.0437. The molecule has 3 aliphatic rings. The first kappa shape index (κ1) is 21.5. The molecule has 2 saturated heterocycles. The summed E-state index contributed by atoms with van der Waals surface area (Å²) < 4.78 is 0. The Balaban J connectivity index is 1.50. The number of hydrogen-bond donors (Lipinski definition) is 2. The Morgan fingerprint density at radius 2 is 2.16 bits per heavy atom. The number of rotatable bonds is 6. The van der Waals surface area contributed by atoms with Crippen molar-refractivity contribution in [2.75, 3.05) is 13.1 Å². The van der Waals surface area contributed by atoms with Crippen molar-refractivity contribution in [3.63, 3.8) is 0 Å². The maximum absolute atomic E-state index is 12.6. The number of carbonyl (C=O) groups excluding carboxylic acids is 2. The number of aliphatic hydroxyl groups is 1. The van der Waals surface area contributed by atoms with Crippen LogP contribution < -0.4 is 0 Å². The van der Waals surface area contributed by atoms with Crippen molar-refractivity contribution in [3.05, 3.63) is 32.1 Å². The maximum atomic E-state index is 12.6. The normalized spacial score (nSPS) is 26.5. The lowest BCUT2D eigenvalue weighted by Crippen LogP contribution is -2.63. The summed E-state index contributed by atoms with van der Waals surface area (Å²) >= 11 is 2.49. The summed E-state index contributed by atoms with van der Waals surface area (Å²) in [5, 5.41) is 30.2. The zero-order chi connectivity index (χ0) is 22.4. The van der Waals surface area contributed by atoms with Crippen LogP contribution in [0.5, 0.6) is 0 Å². The van der Waals surface area contributed by atoms with E-state index in [4.69, 9.17) is 5.26 Å². The van der Waals surface area contributed by atoms with Crippen LogP contribution in [0.15, 0.2) is 21.5 Å². The highest BCUT2D eigenvalue weighted by Crippen LogP contribution is 2.50. The van der Waals surface area contributed by atoms with E-state index < -0.39 is 18.0 Å². The second-order valence-corrected chi connectivity index (χ2v) is 9.63. The molecule has 1 aromatic rings. The highest BCUT2D eigenvalue weighted by Gasteiger charge is 2.59. The molecule has 31 heavy (non-hydrogen) atoms. The first-order valence-electron chi connectivity index (χ1n) is 9.70. The summed E-state index contributed by atoms with van der Waals surface area (Å²) in [6, 6.07) is 1.76. The molecular weight excluding hydrogens is 440 g/mol. The van der Waals surface area contributed by atoms with E-state index in [1.165, 1.54) is 34.9 Å². The molecule has 2 fully saturated rings. The van der Waals surface area contributed by atoms with Crippen LogP contribution in [0, 0.1) is 29.1 Å². The Bertz CT molecular complexity index is 1050. The fourth-order valence-corrected chi connectivity index (χ4v) is 6.02. The summed E-state index contributed by atoms with van der Waals surface area (Å²) in [6.07, 6.45) is 0.860. The molecule has 0 aliphatic carbocycles. The summed E-state index contributed by atoms with van der Waals surface area (Å²) in [5.74, 6) is -2.76. The monoisotopic (exact) mass is 460 g/mol. The van der Waals surface area contributed by atoms with E-state index in [2.05, 4.69) is 11.1 Å². The molecule has 0 aromatic carbocycles. The van der Waals surface area contributed by atoms with Gasteiger partial charge in [-0.15, -0.1) is 11.3 Å². The molecule has 4 rings (SSSR count). The van der Waals surface area contributed by atoms with Crippen LogP contribution in [-0.2, 0) is 9.59 Å². The zero-order valence-electron chi connectivity index (χ0n) is 16.8. The Morgan fingerprint density at radius 1 is 1.45 bits per heavy atom. The molecule has 162 valence electrons. The minimum atomic E-state index is -1.18. The van der Waals surface area contributed by atoms with Gasteiger partial charge in [-0.25, -0.2) is 9.78 Å². The number of aromatic nitrogens is 1. The lowest BCUT2D eigenvalue weighted by molar-refractivity contribution is -0.163. The summed E-state index contributed by atoms with van der Waals surface area (Å²) in [5.41, 5.74) is 1.83. The van der Waals surface area contributed by atoms with Gasteiger partial charge in [0.05, 0.1) is 40.4 Å². The van der Waals surface area contributed by atoms with E-state index in [0.717, 1.165) is 0 Å². The smallest absolute Gasteiger partial charge is 0.353 e. The average Bonchev–Trinajstić information content (AvgIpc) is 3.22. The fraction of sp³-hybridized carbons (Fsp3) is 0.450. The number of amides is 2. The van der Waals surface area contributed by atoms with Gasteiger partial charge in [-0.1, -0.05) is 18.7 Å². The molecule has 11 heteroatoms. The minimum Gasteiger partial charge on any atom is -0.477 e. The number of β-lactam (4-membered cyclic amide) rings is 1. The topological polar surface area (TPSA) is 135 Å². The average molecular weight is 461 g/mol. The second-order valence-electron chi connectivity index (χ2n) is 7.79. The lowest BCUT2D eigenvalue weighted by atomic mass is 9.79. The van der Waals surface area contributed by atoms with Gasteiger partial charge in [0.15, 0.2) is 0 Å². The van der Waals surface area contributed by atoms with Crippen LogP contribution in [0.3, 0.4) is 0 Å². The van der Waals surface area contributed by atoms with Gasteiger partial charge in [0.1, 0.15) is 11.4 Å². The number of thiazole rings is 1. The summed E-state index contributed by atoms with van der Waals surface area (Å²) in [6.45, 7) is 4.18. The number of carboxylic acids is 1. The van der Waals surface area contributed by atoms with Crippen LogP contribution in [-0.4, -0.2) is 68.0 Å². The number of likely N-dealkylation sites (tertiary alicyclic amines) is 1. The Hall–Kier alpha value is -2.68. The number of hydrogen-bond acceptors (Lipinski definition) is 8. The van der Waals surface area contributed by atoms with Gasteiger partial charge in [0.2, 0.25) is 5.91 Å². The number of aliphatic carboxylic acids is 1. The third-order valence-electron chi connectivity index (χ3n) is 5.87. The van der Waals surface area contributed by atoms with Crippen LogP contribution in [0.25, 0.3) is 6.08 Å². The van der Waals surface area contributed by atoms with E-state index in [0.29, 0.717) is 28.6 Å². The van der Waals surface area contributed by atoms with Crippen molar-refractivity contribution < 1.29 is 24.6 Å². The van der Waals surface area contributed by atoms with Gasteiger partial charge in [-0.2, -0.15) is 5.26 Å². The molecule has 0 radical (unpaired) electrons. The Labute approximate surface area is 186 Å². The number of carbonyl (C=O) groups is 3. The van der Waals surface area contributed by atoms with E-state index in [9.17, 15) is 24.6 Å². The molecule has 4 heterocycles. The van der Waals surface area contributed by atoms with Crippen LogP contribution in [0.2, 0.25) is 0 Å². The van der Waals surface area contributed by atoms with Crippen molar-refractivity contribution in [2.45, 2.75) is 26.0 Å². The molecule has 4 atom stereocenters. The fourth-order valence-electron chi connectivity index (χ4n) is 4.26. The first-order valence-corrected chi connectivity index (χ1v) is 11.5. The van der Waals surface area contributed by atoms with Crippen molar-refractivity contribution in [1.82, 2.24) is 14.8 Å². The van der Waals surface area contributed by atoms with E-state index in [1.54, 1.807) is 21.9 Å². The predicted molar refractivity (Wildman–Crippen MR) is 113 cm³/mol. The summed E-state index contributed by atoms with van der Waals surface area (Å²) in [4.78, 5) is 45.0. The molecule has 1 aromatic heterocycles. The second kappa shape index (κ2) is 8.11. The molecule has 2 amide bonds. The van der Waals surface area contributed by atoms with Crippen LogP contribution in [0.4, 0.5) is 0 Å². The number of nitriles is 1. The Morgan fingerprint density at radius 3 is 2.77 bits per heavy atom. The van der Waals surface area contributed by atoms with Crippen LogP contribution >= 0.6 is 23.1 Å². The number of carboxylic acid groups (broad SMARTS) is 1. The van der Waals surface area contributed by atoms with Gasteiger partial charge in [0, 0.05) is 23.9 Å². The van der Waals surface area contributed by atoms with Gasteiger partial charge in [0.25, 0.3) is 5.91 Å². The molecule has 0 saturated carbocycles. The standard InChI is InChI=1S/C20H20N4O5S2/c1-9-15-13(10(2)25)18(26)24(15)16(20(28)29)17(9)30-4-3-12-14(22-8-31-12)19(27)23-6-11(5-21)7-23/h3-4,8-11,13,15,25H,6-7H2,1-2H3,(H,28,29)/t9-,10-,13-,15-/m1/s1. The maximum Gasteiger partial charge on any atom is 0.353 e. The lowest BCUT2D eigenvalue weighted by Gasteiger charge is -2.46. The highest BCUT2D eigenvalue weighted by molar-refractivity contribution is 8.06. The van der Waals surface area contributed by atoms with Gasteiger partial charge >= 0.3 is 5.97 Å². The molecular formula is C20H20N4O5S2. The van der Waals surface area contributed by atoms with Crippen molar-refractivity contribution >= 4 is 47.0 Å². The third kappa shape index (κ3) is 3.44. The van der Waals surface area contributed by atoms with Crippen LogP contribution in [0.1, 0.15) is 29.2 Å². The first-order chi connectivity index (χ1) is 14.8. The number of fused-ring (bicyclic) bond motifs is 1. The largest absolute Gasteiger partial charge is 0.477 e. The molecule has 0 unspecified atom stereocenters. The molecule has 0 spiro atoms. The summed E-state index contributed by atoms with van der Waals surface area (Å²) in [7, 11) is 0. The highest BCUT2D eigenvalue weighted by atomic mass is 32.2. The van der Waals surface area contributed by atoms with E-state index in [-0.39, 0.29) is 35.4 Å². The predicted octanol–water partition coefficient (Wildman–Crippen LogP) is 1.60. The zero-order valence-corrected chi connectivity index (χ0v) is 18.4. The van der Waals surface area contributed by atoms with Crippen molar-refractivity contribution in [1.29, 1.82) is 5.26 Å². The Kier molecular flexibility index (Phi) is 5.63. The van der Waals surface area contributed by atoms with Gasteiger partial charge < -0.3 is 20.0 Å². The molecule has 3 aliphatic heterocycles. The number of nitrogens with zero attached hydrogens (tertiary/aromatic N) is 4. The quantitative estimate of drug-likeness (QED) is 0.611. The number of thioether (sulfide) groups is 1. The van der Waals surface area contributed by atoms with Crippen molar-refractivity contribution in [2.24, 2.45) is 17.8 Å². The molecule has 9 nitrogen and oxygen atoms in total. The van der Waals surface area contributed by atoms with E-state index >= 15 is 0 Å².